The zero-order chi connectivity index (χ0) is 39.4. The van der Waals surface area contributed by atoms with Gasteiger partial charge in [0.2, 0.25) is 0 Å². The van der Waals surface area contributed by atoms with Gasteiger partial charge in [-0.1, -0.05) is 140 Å². The Labute approximate surface area is 320 Å². The van der Waals surface area contributed by atoms with E-state index >= 15 is 0 Å². The van der Waals surface area contributed by atoms with E-state index in [0.29, 0.717) is 19.3 Å². The van der Waals surface area contributed by atoms with Crippen LogP contribution in [0.5, 0.6) is 0 Å². The fourth-order valence-corrected chi connectivity index (χ4v) is 5.86. The molecular weight excluding hydrogens is 699 g/mol. The lowest BCUT2D eigenvalue weighted by atomic mass is 9.99. The monoisotopic (exact) mass is 772 g/mol. The molecule has 0 aromatic rings. The number of aliphatic hydroxyl groups is 3. The average molecular weight is 773 g/mol. The van der Waals surface area contributed by atoms with Crippen molar-refractivity contribution in [3.63, 3.8) is 0 Å². The number of hydrogen-bond acceptors (Lipinski definition) is 10. The van der Waals surface area contributed by atoms with Crippen LogP contribution in [0.15, 0.2) is 48.6 Å². The highest BCUT2D eigenvalue weighted by atomic mass is 31.2. The van der Waals surface area contributed by atoms with Crippen molar-refractivity contribution in [2.75, 3.05) is 26.4 Å². The first-order valence-electron chi connectivity index (χ1n) is 20.1. The largest absolute Gasteiger partial charge is 0.472 e. The smallest absolute Gasteiger partial charge is 0.462 e. The molecule has 12 heteroatoms. The van der Waals surface area contributed by atoms with Crippen LogP contribution in [-0.4, -0.2) is 76.9 Å². The van der Waals surface area contributed by atoms with Gasteiger partial charge in [-0.3, -0.25) is 18.6 Å². The first kappa shape index (κ1) is 50.9. The number of carbonyl (C=O) groups is 2. The number of esters is 2. The van der Waals surface area contributed by atoms with E-state index < -0.39 is 57.9 Å². The molecule has 0 aromatic heterocycles. The van der Waals surface area contributed by atoms with E-state index in [0.717, 1.165) is 44.4 Å². The molecule has 0 heterocycles. The van der Waals surface area contributed by atoms with Gasteiger partial charge in [0.1, 0.15) is 12.7 Å². The number of phosphoric acid groups is 1. The molecule has 5 atom stereocenters. The molecule has 53 heavy (non-hydrogen) atoms. The third kappa shape index (κ3) is 35.4. The van der Waals surface area contributed by atoms with E-state index in [-0.39, 0.29) is 19.4 Å². The van der Waals surface area contributed by atoms with Gasteiger partial charge >= 0.3 is 19.8 Å². The molecule has 0 bridgehead atoms. The quantitative estimate of drug-likeness (QED) is 0.0158. The number of carbonyl (C=O) groups excluding carboxylic acids is 2. The summed E-state index contributed by atoms with van der Waals surface area (Å²) in [6.45, 7) is 4.41. The molecular formula is C41H73O11P. The van der Waals surface area contributed by atoms with Gasteiger partial charge in [0.05, 0.1) is 25.9 Å². The van der Waals surface area contributed by atoms with E-state index in [1.54, 1.807) is 12.2 Å². The zero-order valence-corrected chi connectivity index (χ0v) is 33.9. The summed E-state index contributed by atoms with van der Waals surface area (Å²) in [6.07, 6.45) is 31.2. The predicted octanol–water partition coefficient (Wildman–Crippen LogP) is 8.99. The second-order valence-electron chi connectivity index (χ2n) is 13.8. The van der Waals surface area contributed by atoms with Crippen LogP contribution in [-0.2, 0) is 32.7 Å². The van der Waals surface area contributed by atoms with E-state index in [9.17, 15) is 29.3 Å². The number of unbranched alkanes of at least 4 members (excludes halogenated alkanes) is 10. The number of aliphatic hydroxyl groups excluding tert-OH is 3. The summed E-state index contributed by atoms with van der Waals surface area (Å²) in [5.41, 5.74) is 0. The topological polar surface area (TPSA) is 169 Å². The Bertz CT molecular complexity index is 1060. The molecule has 0 aliphatic rings. The Morgan fingerprint density at radius 2 is 1.32 bits per heavy atom. The van der Waals surface area contributed by atoms with Crippen molar-refractivity contribution in [2.24, 2.45) is 5.92 Å². The summed E-state index contributed by atoms with van der Waals surface area (Å²) >= 11 is 0. The lowest BCUT2D eigenvalue weighted by molar-refractivity contribution is -0.161. The molecule has 0 fully saturated rings. The summed E-state index contributed by atoms with van der Waals surface area (Å²) in [4.78, 5) is 34.9. The minimum Gasteiger partial charge on any atom is -0.462 e. The van der Waals surface area contributed by atoms with Crippen LogP contribution < -0.4 is 0 Å². The Kier molecular flexibility index (Phi) is 34.2. The molecule has 0 aliphatic carbocycles. The summed E-state index contributed by atoms with van der Waals surface area (Å²) in [5.74, 6) is -0.331. The first-order chi connectivity index (χ1) is 25.5. The van der Waals surface area contributed by atoms with Crippen LogP contribution in [0.3, 0.4) is 0 Å². The number of rotatable bonds is 36. The molecule has 2 unspecified atom stereocenters. The Hall–Kier alpha value is -2.11. The Morgan fingerprint density at radius 1 is 0.698 bits per heavy atom. The van der Waals surface area contributed by atoms with Gasteiger partial charge in [-0.2, -0.15) is 0 Å². The van der Waals surface area contributed by atoms with Crippen molar-refractivity contribution in [3.8, 4) is 0 Å². The van der Waals surface area contributed by atoms with Gasteiger partial charge < -0.3 is 29.7 Å². The third-order valence-electron chi connectivity index (χ3n) is 8.63. The second-order valence-corrected chi connectivity index (χ2v) is 15.2. The maximum Gasteiger partial charge on any atom is 0.472 e. The molecule has 0 saturated carbocycles. The van der Waals surface area contributed by atoms with Crippen LogP contribution in [0.2, 0.25) is 0 Å². The van der Waals surface area contributed by atoms with Crippen LogP contribution in [0, 0.1) is 5.92 Å². The lowest BCUT2D eigenvalue weighted by Gasteiger charge is -2.20. The van der Waals surface area contributed by atoms with Crippen molar-refractivity contribution < 1.29 is 52.9 Å². The molecule has 0 aromatic carbocycles. The summed E-state index contributed by atoms with van der Waals surface area (Å²) in [5, 5.41) is 28.5. The average Bonchev–Trinajstić information content (AvgIpc) is 3.14. The third-order valence-corrected chi connectivity index (χ3v) is 9.58. The summed E-state index contributed by atoms with van der Waals surface area (Å²) in [6, 6.07) is 0. The predicted molar refractivity (Wildman–Crippen MR) is 211 cm³/mol. The number of phosphoric ester groups is 1. The fraction of sp³-hybridized carbons (Fsp3) is 0.756. The molecule has 0 amide bonds. The van der Waals surface area contributed by atoms with Crippen LogP contribution >= 0.6 is 7.82 Å². The normalized spacial score (nSPS) is 15.7. The maximum absolute atomic E-state index is 12.6. The number of hydrogen-bond donors (Lipinski definition) is 4. The van der Waals surface area contributed by atoms with E-state index in [2.05, 4.69) is 49.6 Å². The van der Waals surface area contributed by atoms with Gasteiger partial charge in [-0.05, 0) is 50.9 Å². The maximum atomic E-state index is 12.6. The Morgan fingerprint density at radius 3 is 2.00 bits per heavy atom. The highest BCUT2D eigenvalue weighted by Gasteiger charge is 2.27. The molecule has 308 valence electrons. The van der Waals surface area contributed by atoms with E-state index in [4.69, 9.17) is 19.1 Å². The summed E-state index contributed by atoms with van der Waals surface area (Å²) in [7, 11) is -4.67. The minimum absolute atomic E-state index is 0.0448. The molecule has 0 radical (unpaired) electrons. The van der Waals surface area contributed by atoms with Crippen LogP contribution in [0.4, 0.5) is 0 Å². The fourth-order valence-electron chi connectivity index (χ4n) is 5.07. The number of allylic oxidation sites excluding steroid dienone is 7. The standard InChI is InChI=1S/C41H73O11P/c1-4-6-7-8-9-10-11-12-13-14-18-21-24-28-37(43)29-26-31-41(46)52-39(35-51-53(47,48)50-33-38(44)32-42)34-49-40(45)30-25-22-19-16-15-17-20-23-27-36(3)5-2/h9-10,12-13,18,21,24,28,36-39,42-44H,4-8,11,14-17,19-20,22-23,25-27,29-35H2,1-3H3,(H,47,48)/b10-9-,13-12-,21-18-,28-24+/t36?,37-,38-,39+/m0/s1. The molecule has 0 spiro atoms. The van der Waals surface area contributed by atoms with Crippen molar-refractivity contribution >= 4 is 19.8 Å². The molecule has 0 rings (SSSR count). The van der Waals surface area contributed by atoms with Crippen molar-refractivity contribution in [3.05, 3.63) is 48.6 Å². The first-order valence-corrected chi connectivity index (χ1v) is 21.6. The van der Waals surface area contributed by atoms with Crippen molar-refractivity contribution in [2.45, 2.75) is 167 Å². The van der Waals surface area contributed by atoms with E-state index in [1.807, 2.05) is 12.2 Å². The highest BCUT2D eigenvalue weighted by Crippen LogP contribution is 2.43. The van der Waals surface area contributed by atoms with Gasteiger partial charge in [-0.25, -0.2) is 4.57 Å². The lowest BCUT2D eigenvalue weighted by Crippen LogP contribution is -2.30. The molecule has 4 N–H and O–H groups in total. The zero-order valence-electron chi connectivity index (χ0n) is 33.0. The van der Waals surface area contributed by atoms with Crippen LogP contribution in [0.25, 0.3) is 0 Å². The number of ether oxygens (including phenoxy) is 2. The second kappa shape index (κ2) is 35.6. The van der Waals surface area contributed by atoms with Crippen LogP contribution in [0.1, 0.15) is 149 Å². The highest BCUT2D eigenvalue weighted by molar-refractivity contribution is 7.47. The summed E-state index contributed by atoms with van der Waals surface area (Å²) < 4.78 is 32.5. The Balaban J connectivity index is 4.58. The van der Waals surface area contributed by atoms with Gasteiger partial charge in [0, 0.05) is 12.8 Å². The molecule has 0 saturated heterocycles. The minimum atomic E-state index is -4.67. The SMILES string of the molecule is CCCCC/C=C\C/C=C\C/C=C\C=C\[C@H](O)CCCC(=O)O[C@H](COC(=O)CCCCCCCCCCC(C)CC)COP(=O)(O)OC[C@@H](O)CO. The van der Waals surface area contributed by atoms with Gasteiger partial charge in [0.15, 0.2) is 6.10 Å². The van der Waals surface area contributed by atoms with Gasteiger partial charge in [-0.15, -0.1) is 0 Å². The molecule has 0 aliphatic heterocycles. The van der Waals surface area contributed by atoms with Gasteiger partial charge in [0.25, 0.3) is 0 Å². The van der Waals surface area contributed by atoms with Crippen molar-refractivity contribution in [1.82, 2.24) is 0 Å². The van der Waals surface area contributed by atoms with Crippen molar-refractivity contribution in [1.29, 1.82) is 0 Å². The molecule has 11 nitrogen and oxygen atoms in total. The van der Waals surface area contributed by atoms with E-state index in [1.165, 1.54) is 57.8 Å².